The largest absolute Gasteiger partial charge is 0.302 e. The molecule has 0 unspecified atom stereocenters. The fraction of sp³-hybridized carbons (Fsp3) is 0.462. The van der Waals surface area contributed by atoms with Crippen LogP contribution < -0.4 is 4.90 Å². The number of fused-ring (bicyclic) bond motifs is 1. The van der Waals surface area contributed by atoms with E-state index in [1.165, 1.54) is 21.2 Å². The first kappa shape index (κ1) is 28.5. The van der Waals surface area contributed by atoms with E-state index in [9.17, 15) is 13.2 Å². The Morgan fingerprint density at radius 1 is 1.00 bits per heavy atom. The van der Waals surface area contributed by atoms with E-state index in [1.807, 2.05) is 6.07 Å². The Morgan fingerprint density at radius 2 is 1.67 bits per heavy atom. The molecule has 0 aliphatic carbocycles. The normalized spacial score (nSPS) is 14.3. The maximum absolute atomic E-state index is 13.7. The summed E-state index contributed by atoms with van der Waals surface area (Å²) in [5, 5.41) is 0.666. The van der Waals surface area contributed by atoms with Crippen molar-refractivity contribution in [1.29, 1.82) is 0 Å². The maximum Gasteiger partial charge on any atom is 0.260 e. The first-order valence-corrected chi connectivity index (χ1v) is 14.7. The molecule has 2 aromatic carbocycles. The summed E-state index contributed by atoms with van der Waals surface area (Å²) in [4.78, 5) is 22.7. The van der Waals surface area contributed by atoms with Crippen LogP contribution in [0.15, 0.2) is 47.4 Å². The van der Waals surface area contributed by atoms with Gasteiger partial charge in [0.2, 0.25) is 10.0 Å². The summed E-state index contributed by atoms with van der Waals surface area (Å²) in [5.41, 5.74) is 2.58. The fourth-order valence-electron chi connectivity index (χ4n) is 4.36. The SMILES string of the molecule is CCc1ccc2nc(N(CCN(CC)CC)C(=O)c3ccc(S(=O)(=O)N4CCCC4)cc3)sc2c1.Cl. The van der Waals surface area contributed by atoms with E-state index in [0.717, 1.165) is 49.1 Å². The average molecular weight is 551 g/mol. The molecular formula is C26H35ClN4O3S2. The molecule has 1 fully saturated rings. The van der Waals surface area contributed by atoms with Crippen LogP contribution in [0.4, 0.5) is 5.13 Å². The van der Waals surface area contributed by atoms with Crippen molar-refractivity contribution in [2.75, 3.05) is 44.2 Å². The van der Waals surface area contributed by atoms with Crippen LogP contribution in [0.5, 0.6) is 0 Å². The number of likely N-dealkylation sites (N-methyl/N-ethyl adjacent to an activating group) is 1. The Labute approximate surface area is 224 Å². The highest BCUT2D eigenvalue weighted by Crippen LogP contribution is 2.31. The molecular weight excluding hydrogens is 516 g/mol. The summed E-state index contributed by atoms with van der Waals surface area (Å²) in [6.07, 6.45) is 2.72. The van der Waals surface area contributed by atoms with Crippen LogP contribution in [-0.4, -0.2) is 67.8 Å². The van der Waals surface area contributed by atoms with Gasteiger partial charge in [-0.15, -0.1) is 12.4 Å². The molecule has 0 N–H and O–H groups in total. The smallest absolute Gasteiger partial charge is 0.260 e. The van der Waals surface area contributed by atoms with Crippen LogP contribution in [-0.2, 0) is 16.4 Å². The second-order valence-corrected chi connectivity index (χ2v) is 11.7. The van der Waals surface area contributed by atoms with Gasteiger partial charge in [0.1, 0.15) is 0 Å². The Balaban J connectivity index is 0.00000361. The molecule has 4 rings (SSSR count). The molecule has 1 aromatic heterocycles. The predicted molar refractivity (Wildman–Crippen MR) is 150 cm³/mol. The Bertz CT molecular complexity index is 1270. The molecule has 196 valence electrons. The van der Waals surface area contributed by atoms with E-state index in [0.29, 0.717) is 30.3 Å². The zero-order chi connectivity index (χ0) is 25.0. The first-order valence-electron chi connectivity index (χ1n) is 12.4. The van der Waals surface area contributed by atoms with Crippen LogP contribution >= 0.6 is 23.7 Å². The lowest BCUT2D eigenvalue weighted by molar-refractivity contribution is 0.0983. The number of thiazole rings is 1. The molecule has 10 heteroatoms. The summed E-state index contributed by atoms with van der Waals surface area (Å²) in [6, 6.07) is 12.6. The molecule has 1 amide bonds. The minimum atomic E-state index is -3.51. The highest BCUT2D eigenvalue weighted by molar-refractivity contribution is 7.89. The Kier molecular flexibility index (Phi) is 9.88. The van der Waals surface area contributed by atoms with E-state index in [2.05, 4.69) is 37.8 Å². The number of hydrogen-bond donors (Lipinski definition) is 0. The summed E-state index contributed by atoms with van der Waals surface area (Å²) in [6.45, 7) is 10.5. The van der Waals surface area contributed by atoms with Crippen LogP contribution in [0.2, 0.25) is 0 Å². The molecule has 0 bridgehead atoms. The predicted octanol–water partition coefficient (Wildman–Crippen LogP) is 5.05. The third-order valence-corrected chi connectivity index (χ3v) is 9.62. The highest BCUT2D eigenvalue weighted by atomic mass is 35.5. The molecule has 36 heavy (non-hydrogen) atoms. The third kappa shape index (κ3) is 6.08. The number of anilines is 1. The summed E-state index contributed by atoms with van der Waals surface area (Å²) in [5.74, 6) is -0.169. The van der Waals surface area contributed by atoms with Crippen LogP contribution in [0.1, 0.15) is 49.5 Å². The van der Waals surface area contributed by atoms with Gasteiger partial charge in [-0.3, -0.25) is 9.69 Å². The summed E-state index contributed by atoms with van der Waals surface area (Å²) >= 11 is 1.52. The first-order chi connectivity index (χ1) is 16.9. The second-order valence-electron chi connectivity index (χ2n) is 8.77. The van der Waals surface area contributed by atoms with Gasteiger partial charge in [0.05, 0.1) is 15.1 Å². The lowest BCUT2D eigenvalue weighted by Gasteiger charge is -2.25. The number of rotatable bonds is 10. The zero-order valence-electron chi connectivity index (χ0n) is 21.1. The van der Waals surface area contributed by atoms with Gasteiger partial charge >= 0.3 is 0 Å². The number of carbonyl (C=O) groups is 1. The number of amides is 1. The lowest BCUT2D eigenvalue weighted by Crippen LogP contribution is -2.38. The van der Waals surface area contributed by atoms with Gasteiger partial charge < -0.3 is 4.90 Å². The quantitative estimate of drug-likeness (QED) is 0.353. The van der Waals surface area contributed by atoms with Gasteiger partial charge in [0, 0.05) is 31.7 Å². The van der Waals surface area contributed by atoms with Crippen molar-refractivity contribution in [1.82, 2.24) is 14.2 Å². The van der Waals surface area contributed by atoms with E-state index in [4.69, 9.17) is 4.98 Å². The van der Waals surface area contributed by atoms with Crippen molar-refractivity contribution in [2.24, 2.45) is 0 Å². The number of nitrogens with zero attached hydrogens (tertiary/aromatic N) is 4. The van der Waals surface area contributed by atoms with Crippen molar-refractivity contribution in [3.63, 3.8) is 0 Å². The lowest BCUT2D eigenvalue weighted by atomic mass is 10.2. The number of carbonyl (C=O) groups excluding carboxylic acids is 1. The molecule has 0 radical (unpaired) electrons. The van der Waals surface area contributed by atoms with Gasteiger partial charge in [-0.25, -0.2) is 13.4 Å². The zero-order valence-corrected chi connectivity index (χ0v) is 23.6. The second kappa shape index (κ2) is 12.5. The van der Waals surface area contributed by atoms with Crippen LogP contribution in [0, 0.1) is 0 Å². The van der Waals surface area contributed by atoms with Crippen molar-refractivity contribution in [3.05, 3.63) is 53.6 Å². The minimum Gasteiger partial charge on any atom is -0.302 e. The van der Waals surface area contributed by atoms with Crippen molar-refractivity contribution in [3.8, 4) is 0 Å². The molecule has 3 aromatic rings. The number of sulfonamides is 1. The minimum absolute atomic E-state index is 0. The van der Waals surface area contributed by atoms with Crippen LogP contribution in [0.25, 0.3) is 10.2 Å². The number of aryl methyl sites for hydroxylation is 1. The number of benzene rings is 2. The topological polar surface area (TPSA) is 73.8 Å². The van der Waals surface area contributed by atoms with Crippen LogP contribution in [0.3, 0.4) is 0 Å². The molecule has 1 aliphatic rings. The molecule has 7 nitrogen and oxygen atoms in total. The summed E-state index contributed by atoms with van der Waals surface area (Å²) < 4.78 is 28.3. The monoisotopic (exact) mass is 550 g/mol. The van der Waals surface area contributed by atoms with Gasteiger partial charge in [0.15, 0.2) is 5.13 Å². The summed E-state index contributed by atoms with van der Waals surface area (Å²) in [7, 11) is -3.51. The van der Waals surface area contributed by atoms with E-state index >= 15 is 0 Å². The third-order valence-electron chi connectivity index (χ3n) is 6.66. The molecule has 1 saturated heterocycles. The van der Waals surface area contributed by atoms with E-state index in [-0.39, 0.29) is 23.2 Å². The number of halogens is 1. The van der Waals surface area contributed by atoms with E-state index in [1.54, 1.807) is 29.2 Å². The molecule has 1 aliphatic heterocycles. The van der Waals surface area contributed by atoms with Crippen molar-refractivity contribution < 1.29 is 13.2 Å². The standard InChI is InChI=1S/C26H34N4O3S2.ClH/c1-4-20-9-14-23-24(19-20)34-26(27-23)30(18-17-28(5-2)6-3)25(31)21-10-12-22(13-11-21)35(32,33)29-15-7-8-16-29;/h9-14,19H,4-8,15-18H2,1-3H3;1H. The number of aromatic nitrogens is 1. The molecule has 0 saturated carbocycles. The average Bonchev–Trinajstić information content (AvgIpc) is 3.57. The Morgan fingerprint density at radius 3 is 2.28 bits per heavy atom. The van der Waals surface area contributed by atoms with Gasteiger partial charge in [0.25, 0.3) is 5.91 Å². The highest BCUT2D eigenvalue weighted by Gasteiger charge is 2.28. The Hall–Kier alpha value is -2.04. The molecule has 2 heterocycles. The van der Waals surface area contributed by atoms with Crippen molar-refractivity contribution >= 4 is 55.0 Å². The number of hydrogen-bond acceptors (Lipinski definition) is 6. The fourth-order valence-corrected chi connectivity index (χ4v) is 6.93. The van der Waals surface area contributed by atoms with Gasteiger partial charge in [-0.05, 0) is 74.3 Å². The van der Waals surface area contributed by atoms with E-state index < -0.39 is 10.0 Å². The van der Waals surface area contributed by atoms with Gasteiger partial charge in [-0.2, -0.15) is 4.31 Å². The molecule has 0 spiro atoms. The maximum atomic E-state index is 13.7. The molecule has 0 atom stereocenters. The van der Waals surface area contributed by atoms with Gasteiger partial charge in [-0.1, -0.05) is 38.2 Å². The van der Waals surface area contributed by atoms with Crippen molar-refractivity contribution in [2.45, 2.75) is 44.9 Å².